The van der Waals surface area contributed by atoms with Crippen LogP contribution in [0.25, 0.3) is 0 Å². The van der Waals surface area contributed by atoms with Crippen LogP contribution in [0.2, 0.25) is 0 Å². The number of benzene rings is 1. The highest BCUT2D eigenvalue weighted by atomic mass is 16.6. The second kappa shape index (κ2) is 7.24. The van der Waals surface area contributed by atoms with Gasteiger partial charge in [0.25, 0.3) is 5.69 Å². The fraction of sp³-hybridized carbons (Fsp3) is 0.429. The third-order valence-corrected chi connectivity index (χ3v) is 2.83. The highest BCUT2D eigenvalue weighted by Gasteiger charge is 2.18. The van der Waals surface area contributed by atoms with Crippen molar-refractivity contribution >= 4 is 17.3 Å². The summed E-state index contributed by atoms with van der Waals surface area (Å²) in [6.45, 7) is 6.21. The summed E-state index contributed by atoms with van der Waals surface area (Å²) in [6, 6.07) is 6.15. The molecule has 0 saturated carbocycles. The zero-order valence-electron chi connectivity index (χ0n) is 12.3. The number of carbonyl (C=O) groups excluding carboxylic acids is 1. The first-order valence-electron chi connectivity index (χ1n) is 6.61. The van der Waals surface area contributed by atoms with Gasteiger partial charge in [-0.05, 0) is 32.9 Å². The maximum atomic E-state index is 11.8. The number of nitrogens with zero attached hydrogens (tertiary/aromatic N) is 3. The Balaban J connectivity index is 3.01. The fourth-order valence-corrected chi connectivity index (χ4v) is 1.89. The van der Waals surface area contributed by atoms with Gasteiger partial charge in [0.15, 0.2) is 0 Å². The first-order valence-corrected chi connectivity index (χ1v) is 6.61. The summed E-state index contributed by atoms with van der Waals surface area (Å²) in [5, 5.41) is 22.6. The molecule has 0 fully saturated rings. The van der Waals surface area contributed by atoms with Crippen molar-refractivity contribution < 1.29 is 9.72 Å². The van der Waals surface area contributed by atoms with Gasteiger partial charge in [0.2, 0.25) is 5.91 Å². The van der Waals surface area contributed by atoms with E-state index in [-0.39, 0.29) is 29.7 Å². The van der Waals surface area contributed by atoms with Crippen molar-refractivity contribution in [1.82, 2.24) is 5.32 Å². The molecule has 7 nitrogen and oxygen atoms in total. The van der Waals surface area contributed by atoms with Crippen LogP contribution in [0.4, 0.5) is 11.4 Å². The van der Waals surface area contributed by atoms with Gasteiger partial charge in [-0.2, -0.15) is 5.26 Å². The maximum absolute atomic E-state index is 11.8. The highest BCUT2D eigenvalue weighted by Crippen LogP contribution is 2.25. The van der Waals surface area contributed by atoms with Crippen molar-refractivity contribution in [1.29, 1.82) is 5.26 Å². The lowest BCUT2D eigenvalue weighted by atomic mass is 10.1. The van der Waals surface area contributed by atoms with Crippen LogP contribution in [-0.4, -0.2) is 30.0 Å². The molecule has 0 spiro atoms. The maximum Gasteiger partial charge on any atom is 0.289 e. The van der Waals surface area contributed by atoms with Crippen molar-refractivity contribution in [3.8, 4) is 6.07 Å². The third-order valence-electron chi connectivity index (χ3n) is 2.83. The molecular formula is C14H18N4O3. The fourth-order valence-electron chi connectivity index (χ4n) is 1.89. The molecule has 0 unspecified atom stereocenters. The van der Waals surface area contributed by atoms with E-state index in [2.05, 4.69) is 5.32 Å². The minimum absolute atomic E-state index is 0.00596. The number of carbonyl (C=O) groups is 1. The number of nitro groups is 1. The van der Waals surface area contributed by atoms with E-state index in [9.17, 15) is 14.9 Å². The van der Waals surface area contributed by atoms with E-state index in [0.29, 0.717) is 12.2 Å². The van der Waals surface area contributed by atoms with E-state index < -0.39 is 4.92 Å². The van der Waals surface area contributed by atoms with E-state index in [1.165, 1.54) is 12.1 Å². The third kappa shape index (κ3) is 4.45. The molecule has 1 aromatic rings. The van der Waals surface area contributed by atoms with Gasteiger partial charge < -0.3 is 10.2 Å². The number of amides is 1. The van der Waals surface area contributed by atoms with Gasteiger partial charge in [-0.25, -0.2) is 0 Å². The van der Waals surface area contributed by atoms with Gasteiger partial charge in [0, 0.05) is 24.3 Å². The second-order valence-corrected chi connectivity index (χ2v) is 4.81. The number of hydrogen-bond donors (Lipinski definition) is 1. The Morgan fingerprint density at radius 1 is 1.52 bits per heavy atom. The van der Waals surface area contributed by atoms with Crippen molar-refractivity contribution in [2.45, 2.75) is 26.8 Å². The molecule has 1 N–H and O–H groups in total. The summed E-state index contributed by atoms with van der Waals surface area (Å²) in [4.78, 5) is 23.9. The van der Waals surface area contributed by atoms with Crippen molar-refractivity contribution in [3.63, 3.8) is 0 Å². The Morgan fingerprint density at radius 2 is 2.19 bits per heavy atom. The summed E-state index contributed by atoms with van der Waals surface area (Å²) >= 11 is 0. The number of likely N-dealkylation sites (N-methyl/N-ethyl adjacent to an activating group) is 1. The minimum Gasteiger partial charge on any atom is -0.362 e. The van der Waals surface area contributed by atoms with Crippen LogP contribution in [0.15, 0.2) is 18.2 Å². The molecule has 0 aliphatic carbocycles. The van der Waals surface area contributed by atoms with Gasteiger partial charge in [0.05, 0.1) is 11.5 Å². The lowest BCUT2D eigenvalue weighted by Crippen LogP contribution is -2.40. The molecule has 0 atom stereocenters. The van der Waals surface area contributed by atoms with E-state index in [0.717, 1.165) is 0 Å². The molecule has 0 bridgehead atoms. The SMILES string of the molecule is CCN(CC(=O)NC(C)C)c1ccc(C#N)c([N+](=O)[O-])c1. The monoisotopic (exact) mass is 290 g/mol. The summed E-state index contributed by atoms with van der Waals surface area (Å²) < 4.78 is 0. The van der Waals surface area contributed by atoms with Gasteiger partial charge in [0.1, 0.15) is 11.6 Å². The second-order valence-electron chi connectivity index (χ2n) is 4.81. The van der Waals surface area contributed by atoms with Gasteiger partial charge in [-0.1, -0.05) is 0 Å². The number of hydrogen-bond acceptors (Lipinski definition) is 5. The van der Waals surface area contributed by atoms with Crippen molar-refractivity contribution in [3.05, 3.63) is 33.9 Å². The first kappa shape index (κ1) is 16.4. The minimum atomic E-state index is -0.593. The van der Waals surface area contributed by atoms with Crippen LogP contribution >= 0.6 is 0 Å². The van der Waals surface area contributed by atoms with Crippen LogP contribution in [0, 0.1) is 21.4 Å². The van der Waals surface area contributed by atoms with Crippen LogP contribution in [0.5, 0.6) is 0 Å². The Labute approximate surface area is 123 Å². The Bertz CT molecular complexity index is 578. The number of nitrogens with one attached hydrogen (secondary N) is 1. The summed E-state index contributed by atoms with van der Waals surface area (Å²) in [6.07, 6.45) is 0. The molecule has 0 aliphatic rings. The average Bonchev–Trinajstić information content (AvgIpc) is 2.43. The van der Waals surface area contributed by atoms with E-state index >= 15 is 0 Å². The Hall–Kier alpha value is -2.62. The molecule has 0 heterocycles. The quantitative estimate of drug-likeness (QED) is 0.636. The number of anilines is 1. The van der Waals surface area contributed by atoms with E-state index in [1.54, 1.807) is 17.0 Å². The number of nitriles is 1. The standard InChI is InChI=1S/C14H18N4O3/c1-4-17(9-14(19)16-10(2)3)12-6-5-11(8-15)13(7-12)18(20)21/h5-7,10H,4,9H2,1-3H3,(H,16,19). The largest absolute Gasteiger partial charge is 0.362 e. The topological polar surface area (TPSA) is 99.3 Å². The Kier molecular flexibility index (Phi) is 5.67. The molecular weight excluding hydrogens is 272 g/mol. The number of rotatable bonds is 6. The molecule has 7 heteroatoms. The average molecular weight is 290 g/mol. The molecule has 1 rings (SSSR count). The van der Waals surface area contributed by atoms with Crippen molar-refractivity contribution in [2.75, 3.05) is 18.0 Å². The molecule has 112 valence electrons. The Morgan fingerprint density at radius 3 is 2.67 bits per heavy atom. The van der Waals surface area contributed by atoms with E-state index in [4.69, 9.17) is 5.26 Å². The van der Waals surface area contributed by atoms with Crippen LogP contribution in [0.1, 0.15) is 26.3 Å². The van der Waals surface area contributed by atoms with Crippen LogP contribution in [0.3, 0.4) is 0 Å². The smallest absolute Gasteiger partial charge is 0.289 e. The number of nitro benzene ring substituents is 1. The predicted molar refractivity (Wildman–Crippen MR) is 79.0 cm³/mol. The molecule has 21 heavy (non-hydrogen) atoms. The normalized spacial score (nSPS) is 10.0. The molecule has 0 aromatic heterocycles. The van der Waals surface area contributed by atoms with E-state index in [1.807, 2.05) is 20.8 Å². The van der Waals surface area contributed by atoms with Crippen LogP contribution in [-0.2, 0) is 4.79 Å². The molecule has 1 aromatic carbocycles. The van der Waals surface area contributed by atoms with Gasteiger partial charge in [-0.3, -0.25) is 14.9 Å². The lowest BCUT2D eigenvalue weighted by molar-refractivity contribution is -0.385. The molecule has 0 radical (unpaired) electrons. The summed E-state index contributed by atoms with van der Waals surface area (Å²) in [5.74, 6) is -0.154. The molecule has 0 saturated heterocycles. The van der Waals surface area contributed by atoms with Crippen LogP contribution < -0.4 is 10.2 Å². The summed E-state index contributed by atoms with van der Waals surface area (Å²) in [7, 11) is 0. The zero-order chi connectivity index (χ0) is 16.0. The van der Waals surface area contributed by atoms with Gasteiger partial charge in [-0.15, -0.1) is 0 Å². The molecule has 1 amide bonds. The highest BCUT2D eigenvalue weighted by molar-refractivity contribution is 5.81. The van der Waals surface area contributed by atoms with Gasteiger partial charge >= 0.3 is 0 Å². The first-order chi connectivity index (χ1) is 9.88. The summed E-state index contributed by atoms with van der Waals surface area (Å²) in [5.41, 5.74) is 0.297. The lowest BCUT2D eigenvalue weighted by Gasteiger charge is -2.23. The zero-order valence-corrected chi connectivity index (χ0v) is 12.3. The molecule has 0 aliphatic heterocycles. The van der Waals surface area contributed by atoms with Crippen molar-refractivity contribution in [2.24, 2.45) is 0 Å². The predicted octanol–water partition coefficient (Wildman–Crippen LogP) is 1.82.